The third kappa shape index (κ3) is 2.59. The highest BCUT2D eigenvalue weighted by atomic mass is 32.2. The van der Waals surface area contributed by atoms with Crippen molar-refractivity contribution in [1.29, 1.82) is 0 Å². The number of fused-ring (bicyclic) bond motifs is 1. The van der Waals surface area contributed by atoms with Gasteiger partial charge in [0.15, 0.2) is 5.76 Å². The Hall–Kier alpha value is -0.780. The molecule has 3 heterocycles. The lowest BCUT2D eigenvalue weighted by molar-refractivity contribution is 0.477. The zero-order valence-electron chi connectivity index (χ0n) is 10.6. The molecule has 0 atom stereocenters. The molecule has 0 bridgehead atoms. The number of hydrogen-bond acceptors (Lipinski definition) is 5. The van der Waals surface area contributed by atoms with Crippen LogP contribution in [0.4, 0.5) is 0 Å². The molecular weight excluding hydrogens is 276 g/mol. The van der Waals surface area contributed by atoms with Crippen LogP contribution in [0.5, 0.6) is 0 Å². The fraction of sp³-hybridized carbons (Fsp3) is 0.500. The molecule has 3 nitrogen and oxygen atoms in total. The standard InChI is InChI=1S/C14H16N2OS2/c1-2-10(1)15-7-14-16-6-11(17-14)13-5-9-8-18-4-3-12(9)19-13/h5-6,10,15H,1-4,7-8H2. The molecule has 19 heavy (non-hydrogen) atoms. The molecule has 1 fully saturated rings. The van der Waals surface area contributed by atoms with Crippen molar-refractivity contribution in [3.05, 3.63) is 28.6 Å². The minimum atomic E-state index is 0.696. The second-order valence-corrected chi connectivity index (χ2v) is 7.38. The van der Waals surface area contributed by atoms with Gasteiger partial charge in [-0.2, -0.15) is 11.8 Å². The van der Waals surface area contributed by atoms with Gasteiger partial charge in [-0.25, -0.2) is 4.98 Å². The van der Waals surface area contributed by atoms with Crippen LogP contribution < -0.4 is 5.32 Å². The molecule has 1 aliphatic carbocycles. The van der Waals surface area contributed by atoms with E-state index in [1.807, 2.05) is 29.3 Å². The molecule has 0 amide bonds. The summed E-state index contributed by atoms with van der Waals surface area (Å²) in [6.07, 6.45) is 5.66. The van der Waals surface area contributed by atoms with Crippen LogP contribution in [-0.4, -0.2) is 16.8 Å². The van der Waals surface area contributed by atoms with Crippen molar-refractivity contribution in [3.8, 4) is 10.6 Å². The quantitative estimate of drug-likeness (QED) is 0.936. The van der Waals surface area contributed by atoms with E-state index in [0.29, 0.717) is 6.04 Å². The van der Waals surface area contributed by atoms with Crippen molar-refractivity contribution in [2.75, 3.05) is 5.75 Å². The molecule has 0 unspecified atom stereocenters. The molecule has 1 aliphatic heterocycles. The summed E-state index contributed by atoms with van der Waals surface area (Å²) in [5.41, 5.74) is 1.49. The summed E-state index contributed by atoms with van der Waals surface area (Å²) in [4.78, 5) is 7.14. The van der Waals surface area contributed by atoms with E-state index in [4.69, 9.17) is 4.42 Å². The van der Waals surface area contributed by atoms with Crippen LogP contribution in [0.25, 0.3) is 10.6 Å². The number of thiophene rings is 1. The first-order chi connectivity index (χ1) is 9.38. The molecule has 2 aromatic heterocycles. The Bertz CT molecular complexity index is 563. The maximum absolute atomic E-state index is 5.86. The smallest absolute Gasteiger partial charge is 0.208 e. The van der Waals surface area contributed by atoms with Crippen LogP contribution in [0.2, 0.25) is 0 Å². The van der Waals surface area contributed by atoms with Crippen molar-refractivity contribution in [3.63, 3.8) is 0 Å². The van der Waals surface area contributed by atoms with Gasteiger partial charge in [0.2, 0.25) is 5.89 Å². The molecule has 2 aromatic rings. The fourth-order valence-corrected chi connectivity index (χ4v) is 4.61. The van der Waals surface area contributed by atoms with Crippen LogP contribution in [0, 0.1) is 0 Å². The van der Waals surface area contributed by atoms with Gasteiger partial charge in [-0.05, 0) is 36.6 Å². The number of nitrogens with zero attached hydrogens (tertiary/aromatic N) is 1. The summed E-state index contributed by atoms with van der Waals surface area (Å²) >= 11 is 3.89. The number of nitrogens with one attached hydrogen (secondary N) is 1. The maximum Gasteiger partial charge on any atom is 0.208 e. The van der Waals surface area contributed by atoms with Gasteiger partial charge in [-0.1, -0.05) is 0 Å². The Balaban J connectivity index is 1.52. The molecule has 0 radical (unpaired) electrons. The predicted octanol–water partition coefficient (Wildman–Crippen LogP) is 3.44. The summed E-state index contributed by atoms with van der Waals surface area (Å²) in [5, 5.41) is 3.43. The van der Waals surface area contributed by atoms with Crippen LogP contribution in [-0.2, 0) is 18.7 Å². The number of aromatic nitrogens is 1. The van der Waals surface area contributed by atoms with Gasteiger partial charge in [0.05, 0.1) is 17.6 Å². The van der Waals surface area contributed by atoms with E-state index in [-0.39, 0.29) is 0 Å². The van der Waals surface area contributed by atoms with E-state index in [9.17, 15) is 0 Å². The number of hydrogen-bond donors (Lipinski definition) is 1. The predicted molar refractivity (Wildman–Crippen MR) is 79.5 cm³/mol. The van der Waals surface area contributed by atoms with E-state index in [1.54, 1.807) is 0 Å². The lowest BCUT2D eigenvalue weighted by atomic mass is 10.2. The highest BCUT2D eigenvalue weighted by Crippen LogP contribution is 2.37. The number of aryl methyl sites for hydroxylation is 1. The lowest BCUT2D eigenvalue weighted by Crippen LogP contribution is -2.15. The number of rotatable bonds is 4. The van der Waals surface area contributed by atoms with E-state index in [0.717, 1.165) is 23.9 Å². The Kier molecular flexibility index (Phi) is 3.13. The van der Waals surface area contributed by atoms with Crippen LogP contribution in [0.1, 0.15) is 29.2 Å². The van der Waals surface area contributed by atoms with Crippen molar-refractivity contribution in [1.82, 2.24) is 10.3 Å². The van der Waals surface area contributed by atoms with Crippen molar-refractivity contribution in [2.24, 2.45) is 0 Å². The maximum atomic E-state index is 5.86. The Morgan fingerprint density at radius 2 is 2.37 bits per heavy atom. The van der Waals surface area contributed by atoms with Crippen LogP contribution in [0.3, 0.4) is 0 Å². The second kappa shape index (κ2) is 4.96. The minimum absolute atomic E-state index is 0.696. The summed E-state index contributed by atoms with van der Waals surface area (Å²) in [6, 6.07) is 2.98. The van der Waals surface area contributed by atoms with Gasteiger partial charge in [-0.3, -0.25) is 0 Å². The minimum Gasteiger partial charge on any atom is -0.438 e. The largest absolute Gasteiger partial charge is 0.438 e. The van der Waals surface area contributed by atoms with E-state index >= 15 is 0 Å². The SMILES string of the molecule is c1nc(CNC2CC2)oc1-c1cc2c(s1)CCSC2. The number of oxazole rings is 1. The van der Waals surface area contributed by atoms with Gasteiger partial charge in [0.25, 0.3) is 0 Å². The van der Waals surface area contributed by atoms with Gasteiger partial charge < -0.3 is 9.73 Å². The average Bonchev–Trinajstić information content (AvgIpc) is 2.99. The Labute approximate surface area is 120 Å². The third-order valence-electron chi connectivity index (χ3n) is 3.54. The van der Waals surface area contributed by atoms with Crippen molar-refractivity contribution in [2.45, 2.75) is 37.6 Å². The monoisotopic (exact) mass is 292 g/mol. The highest BCUT2D eigenvalue weighted by molar-refractivity contribution is 7.98. The first-order valence-corrected chi connectivity index (χ1v) is 8.73. The Morgan fingerprint density at radius 3 is 3.21 bits per heavy atom. The number of thioether (sulfide) groups is 1. The fourth-order valence-electron chi connectivity index (χ4n) is 2.29. The zero-order chi connectivity index (χ0) is 12.7. The van der Waals surface area contributed by atoms with Crippen LogP contribution in [0.15, 0.2) is 16.7 Å². The van der Waals surface area contributed by atoms with Crippen LogP contribution >= 0.6 is 23.1 Å². The van der Waals surface area contributed by atoms with E-state index in [2.05, 4.69) is 16.4 Å². The molecule has 1 N–H and O–H groups in total. The highest BCUT2D eigenvalue weighted by Gasteiger charge is 2.21. The molecular formula is C14H16N2OS2. The van der Waals surface area contributed by atoms with Gasteiger partial charge in [0, 0.05) is 16.7 Å². The lowest BCUT2D eigenvalue weighted by Gasteiger charge is -2.08. The normalized spacial score (nSPS) is 18.5. The summed E-state index contributed by atoms with van der Waals surface area (Å²) in [5.74, 6) is 4.13. The first-order valence-electron chi connectivity index (χ1n) is 6.76. The van der Waals surface area contributed by atoms with Gasteiger partial charge in [-0.15, -0.1) is 11.3 Å². The summed E-state index contributed by atoms with van der Waals surface area (Å²) < 4.78 is 5.86. The molecule has 0 spiro atoms. The Morgan fingerprint density at radius 1 is 1.42 bits per heavy atom. The average molecular weight is 292 g/mol. The molecule has 100 valence electrons. The zero-order valence-corrected chi connectivity index (χ0v) is 12.3. The van der Waals surface area contributed by atoms with Gasteiger partial charge in [0.1, 0.15) is 0 Å². The molecule has 4 rings (SSSR count). The summed E-state index contributed by atoms with van der Waals surface area (Å²) in [6.45, 7) is 0.756. The topological polar surface area (TPSA) is 38.1 Å². The molecule has 0 aromatic carbocycles. The molecule has 5 heteroatoms. The van der Waals surface area contributed by atoms with Crippen molar-refractivity contribution < 1.29 is 4.42 Å². The molecule has 2 aliphatic rings. The molecule has 0 saturated heterocycles. The molecule has 1 saturated carbocycles. The van der Waals surface area contributed by atoms with E-state index in [1.165, 1.54) is 40.3 Å². The van der Waals surface area contributed by atoms with Gasteiger partial charge >= 0.3 is 0 Å². The second-order valence-electron chi connectivity index (χ2n) is 5.14. The first kappa shape index (κ1) is 12.0. The van der Waals surface area contributed by atoms with Crippen molar-refractivity contribution >= 4 is 23.1 Å². The third-order valence-corrected chi connectivity index (χ3v) is 5.80. The van der Waals surface area contributed by atoms with E-state index < -0.39 is 0 Å². The summed E-state index contributed by atoms with van der Waals surface area (Å²) in [7, 11) is 0.